The van der Waals surface area contributed by atoms with Crippen LogP contribution in [0.5, 0.6) is 0 Å². The van der Waals surface area contributed by atoms with Crippen LogP contribution in [0.25, 0.3) is 0 Å². The average Bonchev–Trinajstić information content (AvgIpc) is 3.16. The Morgan fingerprint density at radius 1 is 0.407 bits per heavy atom. The molecule has 0 spiro atoms. The first-order valence-corrected chi connectivity index (χ1v) is 18.0. The summed E-state index contributed by atoms with van der Waals surface area (Å²) in [5.41, 5.74) is 11.0. The maximum atomic E-state index is 9.41. The molecule has 0 aromatic heterocycles. The average molecular weight is 719 g/mol. The summed E-state index contributed by atoms with van der Waals surface area (Å²) in [6.07, 6.45) is 2.73. The van der Waals surface area contributed by atoms with Gasteiger partial charge in [-0.3, -0.25) is 8.97 Å². The predicted molar refractivity (Wildman–Crippen MR) is 218 cm³/mol. The van der Waals surface area contributed by atoms with Crippen LogP contribution in [0.15, 0.2) is 182 Å². The van der Waals surface area contributed by atoms with Gasteiger partial charge in [-0.2, -0.15) is 0 Å². The highest BCUT2D eigenvalue weighted by molar-refractivity contribution is 5.87. The number of nitrogens with zero attached hydrogens (tertiary/aromatic N) is 2. The molecule has 0 heterocycles. The molecule has 0 saturated carbocycles. The highest BCUT2D eigenvalue weighted by Crippen LogP contribution is 2.30. The standard InChI is InChI=1S/2C22H24N.C4H4O4/c2*1-23(2,18-20-13-7-4-8-14-20)22-16-10-9-15-21(22)17-19-11-5-3-6-12-19;5-3(6)1-2-4(7)8/h2*3-16H,17-18H2,1-2H3;1-2H,(H,5,6)(H,7,8)/q2*+1;/p-2/b;;2-1-. The van der Waals surface area contributed by atoms with Gasteiger partial charge in [0.25, 0.3) is 0 Å². The molecule has 0 unspecified atom stereocenters. The lowest BCUT2D eigenvalue weighted by Crippen LogP contribution is -2.40. The zero-order valence-electron chi connectivity index (χ0n) is 31.7. The van der Waals surface area contributed by atoms with E-state index in [1.165, 1.54) is 44.8 Å². The van der Waals surface area contributed by atoms with E-state index in [0.717, 1.165) is 34.9 Å². The van der Waals surface area contributed by atoms with Crippen molar-refractivity contribution >= 4 is 23.3 Å². The molecule has 0 N–H and O–H groups in total. The summed E-state index contributed by atoms with van der Waals surface area (Å²) in [4.78, 5) is 18.8. The van der Waals surface area contributed by atoms with E-state index in [1.807, 2.05) is 0 Å². The Kier molecular flexibility index (Phi) is 15.2. The SMILES string of the molecule is C[N+](C)(Cc1ccccc1)c1ccccc1Cc1ccccc1.C[N+](C)(Cc1ccccc1)c1ccccc1Cc1ccccc1.O=C([O-])/C=C\C(=O)[O-]. The Hall–Kier alpha value is -6.08. The molecule has 0 aliphatic heterocycles. The van der Waals surface area contributed by atoms with Crippen LogP contribution in [-0.4, -0.2) is 40.1 Å². The Morgan fingerprint density at radius 3 is 0.963 bits per heavy atom. The van der Waals surface area contributed by atoms with E-state index in [-0.39, 0.29) is 0 Å². The van der Waals surface area contributed by atoms with Gasteiger partial charge in [0.05, 0.1) is 40.1 Å². The molecule has 54 heavy (non-hydrogen) atoms. The lowest BCUT2D eigenvalue weighted by Gasteiger charge is -2.31. The van der Waals surface area contributed by atoms with Gasteiger partial charge in [0.2, 0.25) is 0 Å². The smallest absolute Gasteiger partial charge is 0.136 e. The summed E-state index contributed by atoms with van der Waals surface area (Å²) < 4.78 is 1.71. The van der Waals surface area contributed by atoms with Gasteiger partial charge in [-0.15, -0.1) is 0 Å². The molecule has 6 aromatic rings. The molecule has 6 heteroatoms. The normalized spacial score (nSPS) is 11.1. The van der Waals surface area contributed by atoms with Gasteiger partial charge in [0.15, 0.2) is 0 Å². The fourth-order valence-electron chi connectivity index (χ4n) is 6.52. The number of carbonyl (C=O) groups is 2. The second-order valence-corrected chi connectivity index (χ2v) is 14.2. The van der Waals surface area contributed by atoms with Gasteiger partial charge < -0.3 is 19.8 Å². The van der Waals surface area contributed by atoms with E-state index in [4.69, 9.17) is 0 Å². The van der Waals surface area contributed by atoms with E-state index in [1.54, 1.807) is 0 Å². The summed E-state index contributed by atoms with van der Waals surface area (Å²) in [5, 5.41) is 18.8. The van der Waals surface area contributed by atoms with E-state index in [0.29, 0.717) is 12.2 Å². The maximum Gasteiger partial charge on any atom is 0.136 e. The van der Waals surface area contributed by atoms with Crippen LogP contribution >= 0.6 is 0 Å². The summed E-state index contributed by atoms with van der Waals surface area (Å²) in [6, 6.07) is 60.5. The van der Waals surface area contributed by atoms with Crippen LogP contribution in [0, 0.1) is 0 Å². The summed E-state index contributed by atoms with van der Waals surface area (Å²) in [7, 11) is 9.15. The predicted octanol–water partition coefficient (Wildman–Crippen LogP) is 7.13. The fourth-order valence-corrected chi connectivity index (χ4v) is 6.52. The molecule has 6 rings (SSSR count). The van der Waals surface area contributed by atoms with Crippen molar-refractivity contribution in [2.75, 3.05) is 28.2 Å². The molecule has 0 saturated heterocycles. The first-order chi connectivity index (χ1) is 25.9. The van der Waals surface area contributed by atoms with E-state index >= 15 is 0 Å². The zero-order valence-corrected chi connectivity index (χ0v) is 31.7. The topological polar surface area (TPSA) is 80.3 Å². The molecular weight excluding hydrogens is 669 g/mol. The first kappa shape index (κ1) is 40.7. The molecule has 6 aromatic carbocycles. The van der Waals surface area contributed by atoms with Crippen molar-refractivity contribution in [3.05, 3.63) is 215 Å². The summed E-state index contributed by atoms with van der Waals surface area (Å²) in [6.45, 7) is 1.99. The van der Waals surface area contributed by atoms with Crippen LogP contribution in [0.2, 0.25) is 0 Å². The van der Waals surface area contributed by atoms with Gasteiger partial charge in [-0.1, -0.05) is 158 Å². The lowest BCUT2D eigenvalue weighted by molar-refractivity contribution is -0.301. The van der Waals surface area contributed by atoms with Crippen LogP contribution in [0.3, 0.4) is 0 Å². The summed E-state index contributed by atoms with van der Waals surface area (Å²) >= 11 is 0. The first-order valence-electron chi connectivity index (χ1n) is 18.0. The fraction of sp³-hybridized carbons (Fsp3) is 0.167. The van der Waals surface area contributed by atoms with E-state index in [2.05, 4.69) is 198 Å². The van der Waals surface area contributed by atoms with Gasteiger partial charge in [-0.25, -0.2) is 0 Å². The van der Waals surface area contributed by atoms with Crippen molar-refractivity contribution in [3.8, 4) is 0 Å². The molecule has 0 fully saturated rings. The molecule has 6 nitrogen and oxygen atoms in total. The van der Waals surface area contributed by atoms with Crippen LogP contribution in [-0.2, 0) is 35.5 Å². The Balaban J connectivity index is 0.000000201. The number of carboxylic acid groups (broad SMARTS) is 2. The van der Waals surface area contributed by atoms with Crippen molar-refractivity contribution < 1.29 is 19.8 Å². The molecule has 0 aliphatic rings. The number of quaternary nitrogens is 2. The van der Waals surface area contributed by atoms with E-state index in [9.17, 15) is 19.8 Å². The zero-order chi connectivity index (χ0) is 38.8. The minimum Gasteiger partial charge on any atom is -0.545 e. The molecule has 0 radical (unpaired) electrons. The highest BCUT2D eigenvalue weighted by Gasteiger charge is 2.24. The van der Waals surface area contributed by atoms with Crippen LogP contribution < -0.4 is 19.2 Å². The third kappa shape index (κ3) is 13.5. The quantitative estimate of drug-likeness (QED) is 0.0997. The van der Waals surface area contributed by atoms with Crippen molar-refractivity contribution in [3.63, 3.8) is 0 Å². The maximum absolute atomic E-state index is 9.41. The largest absolute Gasteiger partial charge is 0.545 e. The second kappa shape index (κ2) is 20.2. The number of carboxylic acids is 2. The van der Waals surface area contributed by atoms with Crippen molar-refractivity contribution in [2.24, 2.45) is 0 Å². The number of benzene rings is 6. The molecule has 0 aliphatic carbocycles. The minimum atomic E-state index is -1.55. The molecule has 0 amide bonds. The van der Waals surface area contributed by atoms with Crippen molar-refractivity contribution in [1.82, 2.24) is 8.97 Å². The van der Waals surface area contributed by atoms with Crippen LogP contribution in [0.1, 0.15) is 33.4 Å². The monoisotopic (exact) mass is 718 g/mol. The Labute approximate surface area is 320 Å². The van der Waals surface area contributed by atoms with Gasteiger partial charge in [0.1, 0.15) is 24.5 Å². The number of aliphatic carboxylic acids is 2. The number of rotatable bonds is 12. The highest BCUT2D eigenvalue weighted by atomic mass is 16.4. The van der Waals surface area contributed by atoms with Gasteiger partial charge in [0, 0.05) is 35.1 Å². The molecule has 276 valence electrons. The second-order valence-electron chi connectivity index (χ2n) is 14.2. The number of hydrogen-bond donors (Lipinski definition) is 0. The number of carbonyl (C=O) groups excluding carboxylic acids is 2. The Bertz CT molecular complexity index is 1910. The molecule has 0 atom stereocenters. The Morgan fingerprint density at radius 2 is 0.667 bits per heavy atom. The minimum absolute atomic E-state index is 0.384. The van der Waals surface area contributed by atoms with Gasteiger partial charge >= 0.3 is 0 Å². The molecule has 0 bridgehead atoms. The van der Waals surface area contributed by atoms with Crippen molar-refractivity contribution in [1.29, 1.82) is 0 Å². The molecular formula is C48H50N2O4. The summed E-state index contributed by atoms with van der Waals surface area (Å²) in [5.74, 6) is -3.09. The van der Waals surface area contributed by atoms with E-state index < -0.39 is 11.9 Å². The number of para-hydroxylation sites is 2. The van der Waals surface area contributed by atoms with Crippen molar-refractivity contribution in [2.45, 2.75) is 25.9 Å². The lowest BCUT2D eigenvalue weighted by atomic mass is 10.0. The van der Waals surface area contributed by atoms with Crippen LogP contribution in [0.4, 0.5) is 11.4 Å². The third-order valence-electron chi connectivity index (χ3n) is 8.96. The third-order valence-corrected chi connectivity index (χ3v) is 8.96. The van der Waals surface area contributed by atoms with Gasteiger partial charge in [-0.05, 0) is 35.4 Å². The number of hydrogen-bond acceptors (Lipinski definition) is 4.